The second kappa shape index (κ2) is 7.44. The first-order chi connectivity index (χ1) is 12.9. The van der Waals surface area contributed by atoms with Crippen LogP contribution in [0.4, 0.5) is 0 Å². The molecule has 2 aliphatic heterocycles. The van der Waals surface area contributed by atoms with Crippen molar-refractivity contribution in [2.75, 3.05) is 13.2 Å². The average Bonchev–Trinajstić information content (AvgIpc) is 3.21. The minimum absolute atomic E-state index is 0.0468. The van der Waals surface area contributed by atoms with Crippen molar-refractivity contribution in [1.82, 2.24) is 4.57 Å². The van der Waals surface area contributed by atoms with Gasteiger partial charge >= 0.3 is 11.9 Å². The van der Waals surface area contributed by atoms with E-state index >= 15 is 0 Å². The lowest BCUT2D eigenvalue weighted by Crippen LogP contribution is -2.34. The summed E-state index contributed by atoms with van der Waals surface area (Å²) in [6.45, 7) is 6.01. The van der Waals surface area contributed by atoms with Gasteiger partial charge in [-0.3, -0.25) is 14.4 Å². The van der Waals surface area contributed by atoms with E-state index in [1.807, 2.05) is 6.92 Å². The number of hydrogen-bond acceptors (Lipinski definition) is 6. The third kappa shape index (κ3) is 3.17. The summed E-state index contributed by atoms with van der Waals surface area (Å²) < 4.78 is 18.5. The van der Waals surface area contributed by atoms with E-state index in [0.29, 0.717) is 37.4 Å². The molecule has 2 atom stereocenters. The summed E-state index contributed by atoms with van der Waals surface area (Å²) in [6, 6.07) is 1.70. The number of carboxylic acid groups (broad SMARTS) is 1. The highest BCUT2D eigenvalue weighted by Crippen LogP contribution is 2.46. The fourth-order valence-corrected chi connectivity index (χ4v) is 4.09. The highest BCUT2D eigenvalue weighted by atomic mass is 16.7. The number of carbonyl (C=O) groups is 2. The molecule has 0 amide bonds. The number of carbonyl (C=O) groups excluding carboxylic acids is 1. The molecule has 0 bridgehead atoms. The summed E-state index contributed by atoms with van der Waals surface area (Å²) in [5.41, 5.74) is 0.766. The Balaban J connectivity index is 2.21. The Morgan fingerprint density at radius 3 is 2.56 bits per heavy atom. The maximum absolute atomic E-state index is 13.2. The molecule has 1 aromatic heterocycles. The van der Waals surface area contributed by atoms with Crippen LogP contribution in [0.2, 0.25) is 0 Å². The maximum atomic E-state index is 13.2. The van der Waals surface area contributed by atoms with Gasteiger partial charge in [0.15, 0.2) is 0 Å². The molecule has 1 saturated heterocycles. The molecule has 1 N–H and O–H groups in total. The quantitative estimate of drug-likeness (QED) is 0.751. The number of ether oxygens (including phenoxy) is 3. The van der Waals surface area contributed by atoms with E-state index in [0.717, 1.165) is 6.42 Å². The van der Waals surface area contributed by atoms with Gasteiger partial charge in [-0.25, -0.2) is 0 Å². The minimum atomic E-state index is -1.03. The van der Waals surface area contributed by atoms with Crippen LogP contribution in [0.3, 0.4) is 0 Å². The number of aliphatic carboxylic acids is 1. The first-order valence-corrected chi connectivity index (χ1v) is 9.26. The summed E-state index contributed by atoms with van der Waals surface area (Å²) in [7, 11) is 0. The molecule has 2 aliphatic rings. The molecule has 27 heavy (non-hydrogen) atoms. The van der Waals surface area contributed by atoms with Gasteiger partial charge in [0.2, 0.25) is 5.79 Å². The van der Waals surface area contributed by atoms with Crippen molar-refractivity contribution in [2.45, 2.75) is 58.5 Å². The van der Waals surface area contributed by atoms with Gasteiger partial charge in [-0.05, 0) is 24.5 Å². The van der Waals surface area contributed by atoms with E-state index in [4.69, 9.17) is 14.2 Å². The molecule has 0 radical (unpaired) electrons. The molecule has 8 heteroatoms. The Kier molecular flexibility index (Phi) is 5.39. The molecule has 2 unspecified atom stereocenters. The van der Waals surface area contributed by atoms with Crippen LogP contribution in [0.25, 0.3) is 0 Å². The number of fused-ring (bicyclic) bond motifs is 2. The molecular weight excluding hydrogens is 354 g/mol. The van der Waals surface area contributed by atoms with E-state index in [2.05, 4.69) is 0 Å². The predicted octanol–water partition coefficient (Wildman–Crippen LogP) is 1.73. The van der Waals surface area contributed by atoms with Crippen molar-refractivity contribution in [3.8, 4) is 0 Å². The first kappa shape index (κ1) is 19.6. The molecule has 1 aromatic rings. The van der Waals surface area contributed by atoms with Crippen LogP contribution >= 0.6 is 0 Å². The lowest BCUT2D eigenvalue weighted by atomic mass is 9.90. The van der Waals surface area contributed by atoms with Gasteiger partial charge in [0, 0.05) is 19.4 Å². The summed E-state index contributed by atoms with van der Waals surface area (Å²) in [6.07, 6.45) is 1.04. The normalized spacial score (nSPS) is 21.2. The predicted molar refractivity (Wildman–Crippen MR) is 94.2 cm³/mol. The van der Waals surface area contributed by atoms with Crippen molar-refractivity contribution in [2.24, 2.45) is 5.92 Å². The SMILES string of the molecule is CCC(C(=O)O)c1cc2n(c(=O)c1COC(C)=O)CC(CC)C21OCCO1. The van der Waals surface area contributed by atoms with Gasteiger partial charge in [-0.1, -0.05) is 13.8 Å². The number of esters is 1. The minimum Gasteiger partial charge on any atom is -0.481 e. The molecule has 148 valence electrons. The zero-order valence-corrected chi connectivity index (χ0v) is 15.8. The highest BCUT2D eigenvalue weighted by Gasteiger charge is 2.52. The third-order valence-corrected chi connectivity index (χ3v) is 5.44. The van der Waals surface area contributed by atoms with Crippen molar-refractivity contribution < 1.29 is 28.9 Å². The molecule has 1 fully saturated rings. The van der Waals surface area contributed by atoms with Crippen LogP contribution in [0.5, 0.6) is 0 Å². The average molecular weight is 379 g/mol. The number of hydrogen-bond donors (Lipinski definition) is 1. The van der Waals surface area contributed by atoms with E-state index in [1.165, 1.54) is 6.92 Å². The molecule has 0 saturated carbocycles. The van der Waals surface area contributed by atoms with Crippen molar-refractivity contribution in [1.29, 1.82) is 0 Å². The molecule has 0 aliphatic carbocycles. The van der Waals surface area contributed by atoms with Gasteiger partial charge in [0.05, 0.1) is 30.4 Å². The van der Waals surface area contributed by atoms with Crippen LogP contribution in [-0.4, -0.2) is 34.8 Å². The number of pyridine rings is 1. The molecule has 3 rings (SSSR count). The van der Waals surface area contributed by atoms with E-state index < -0.39 is 23.6 Å². The largest absolute Gasteiger partial charge is 0.481 e. The van der Waals surface area contributed by atoms with Crippen LogP contribution in [0.15, 0.2) is 10.9 Å². The second-order valence-electron chi connectivity index (χ2n) is 6.93. The summed E-state index contributed by atoms with van der Waals surface area (Å²) >= 11 is 0. The Hall–Kier alpha value is -2.19. The van der Waals surface area contributed by atoms with Crippen molar-refractivity contribution in [3.63, 3.8) is 0 Å². The fraction of sp³-hybridized carbons (Fsp3) is 0.632. The van der Waals surface area contributed by atoms with E-state index in [1.54, 1.807) is 17.6 Å². The second-order valence-corrected chi connectivity index (χ2v) is 6.93. The standard InChI is InChI=1S/C19H25NO7/c1-4-12-9-20-16(19(12)26-6-7-27-19)8-14(13(5-2)18(23)24)15(17(20)22)10-25-11(3)21/h8,12-13H,4-7,9-10H2,1-3H3,(H,23,24). The van der Waals surface area contributed by atoms with Gasteiger partial charge < -0.3 is 23.9 Å². The van der Waals surface area contributed by atoms with Gasteiger partial charge in [-0.15, -0.1) is 0 Å². The number of aromatic nitrogens is 1. The van der Waals surface area contributed by atoms with Crippen molar-refractivity contribution >= 4 is 11.9 Å². The lowest BCUT2D eigenvalue weighted by Gasteiger charge is -2.29. The Morgan fingerprint density at radius 1 is 1.37 bits per heavy atom. The zero-order chi connectivity index (χ0) is 19.8. The highest BCUT2D eigenvalue weighted by molar-refractivity contribution is 5.76. The molecular formula is C19H25NO7. The Labute approximate surface area is 157 Å². The third-order valence-electron chi connectivity index (χ3n) is 5.44. The van der Waals surface area contributed by atoms with Gasteiger partial charge in [0.25, 0.3) is 5.56 Å². The van der Waals surface area contributed by atoms with Crippen molar-refractivity contribution in [3.05, 3.63) is 33.2 Å². The first-order valence-electron chi connectivity index (χ1n) is 9.26. The smallest absolute Gasteiger partial charge is 0.310 e. The van der Waals surface area contributed by atoms with Crippen LogP contribution in [-0.2, 0) is 42.7 Å². The van der Waals surface area contributed by atoms with Crippen LogP contribution < -0.4 is 5.56 Å². The lowest BCUT2D eigenvalue weighted by molar-refractivity contribution is -0.197. The summed E-state index contributed by atoms with van der Waals surface area (Å²) in [5, 5.41) is 9.64. The van der Waals surface area contributed by atoms with E-state index in [9.17, 15) is 19.5 Å². The Bertz CT molecular complexity index is 807. The summed E-state index contributed by atoms with van der Waals surface area (Å²) in [4.78, 5) is 36.3. The number of carboxylic acids is 1. The number of nitrogens with zero attached hydrogens (tertiary/aromatic N) is 1. The Morgan fingerprint density at radius 2 is 2.04 bits per heavy atom. The van der Waals surface area contributed by atoms with Crippen LogP contribution in [0, 0.1) is 5.92 Å². The molecule has 1 spiro atoms. The van der Waals surface area contributed by atoms with E-state index in [-0.39, 0.29) is 23.6 Å². The molecule has 0 aromatic carbocycles. The van der Waals surface area contributed by atoms with Gasteiger partial charge in [-0.2, -0.15) is 0 Å². The number of rotatable bonds is 6. The molecule has 3 heterocycles. The molecule has 8 nitrogen and oxygen atoms in total. The monoisotopic (exact) mass is 379 g/mol. The fourth-order valence-electron chi connectivity index (χ4n) is 4.09. The zero-order valence-electron chi connectivity index (χ0n) is 15.8. The summed E-state index contributed by atoms with van der Waals surface area (Å²) in [5.74, 6) is -3.50. The topological polar surface area (TPSA) is 104 Å². The van der Waals surface area contributed by atoms with Gasteiger partial charge in [0.1, 0.15) is 6.61 Å². The maximum Gasteiger partial charge on any atom is 0.310 e. The van der Waals surface area contributed by atoms with Crippen LogP contribution in [0.1, 0.15) is 56.4 Å².